The van der Waals surface area contributed by atoms with Crippen LogP contribution in [0.15, 0.2) is 53.7 Å². The van der Waals surface area contributed by atoms with Crippen molar-refractivity contribution >= 4 is 34.3 Å². The van der Waals surface area contributed by atoms with Gasteiger partial charge in [0.2, 0.25) is 0 Å². The predicted octanol–water partition coefficient (Wildman–Crippen LogP) is 4.76. The van der Waals surface area contributed by atoms with E-state index >= 15 is 0 Å². The van der Waals surface area contributed by atoms with E-state index in [2.05, 4.69) is 27.7 Å². The minimum Gasteiger partial charge on any atom is -0.479 e. The van der Waals surface area contributed by atoms with Crippen molar-refractivity contribution in [1.82, 2.24) is 0 Å². The topological polar surface area (TPSA) is 66.4 Å². The lowest BCUT2D eigenvalue weighted by molar-refractivity contribution is -0.163. The molecule has 138 valence electrons. The molecular weight excluding hydrogens is 449 g/mol. The van der Waals surface area contributed by atoms with E-state index < -0.39 is 12.1 Å². The summed E-state index contributed by atoms with van der Waals surface area (Å²) < 4.78 is 17.4. The third-order valence-corrected chi connectivity index (χ3v) is 3.74. The van der Waals surface area contributed by atoms with Crippen LogP contribution in [0.5, 0.6) is 17.2 Å². The largest absolute Gasteiger partial charge is 0.479 e. The van der Waals surface area contributed by atoms with Crippen molar-refractivity contribution in [2.75, 3.05) is 6.79 Å². The molecule has 2 aromatic rings. The average Bonchev–Trinajstić information content (AvgIpc) is 2.62. The minimum atomic E-state index is -0.770. The second-order valence-corrected chi connectivity index (χ2v) is 6.78. The van der Waals surface area contributed by atoms with Gasteiger partial charge >= 0.3 is 5.97 Å². The molecule has 0 fully saturated rings. The highest BCUT2D eigenvalue weighted by atomic mass is 127. The molecule has 0 saturated carbocycles. The molecular formula is C19H20INO5. The van der Waals surface area contributed by atoms with Gasteiger partial charge in [0.15, 0.2) is 6.10 Å². The van der Waals surface area contributed by atoms with Gasteiger partial charge in [-0.05, 0) is 91.9 Å². The van der Waals surface area contributed by atoms with E-state index in [9.17, 15) is 4.79 Å². The van der Waals surface area contributed by atoms with Crippen LogP contribution in [0.4, 0.5) is 0 Å². The molecule has 0 unspecified atom stereocenters. The molecule has 0 N–H and O–H groups in total. The van der Waals surface area contributed by atoms with Crippen molar-refractivity contribution in [2.45, 2.75) is 26.9 Å². The molecule has 6 nitrogen and oxygen atoms in total. The van der Waals surface area contributed by atoms with Crippen molar-refractivity contribution < 1.29 is 23.8 Å². The molecule has 0 amide bonds. The SMILES string of the molecule is CC(C)=NOCOC(=O)[C@@H](C)Oc1ccc(Oc2ccc(I)cc2)cc1. The number of esters is 1. The third kappa shape index (κ3) is 6.91. The first kappa shape index (κ1) is 20.0. The second-order valence-electron chi connectivity index (χ2n) is 5.54. The highest BCUT2D eigenvalue weighted by Gasteiger charge is 2.16. The van der Waals surface area contributed by atoms with Crippen LogP contribution < -0.4 is 9.47 Å². The Kier molecular flexibility index (Phi) is 7.71. The van der Waals surface area contributed by atoms with Crippen LogP contribution in [-0.4, -0.2) is 24.6 Å². The van der Waals surface area contributed by atoms with Crippen LogP contribution >= 0.6 is 22.6 Å². The second kappa shape index (κ2) is 10.0. The molecule has 0 saturated heterocycles. The van der Waals surface area contributed by atoms with Crippen LogP contribution in [0.1, 0.15) is 20.8 Å². The Bertz CT molecular complexity index is 740. The van der Waals surface area contributed by atoms with Crippen molar-refractivity contribution in [1.29, 1.82) is 0 Å². The van der Waals surface area contributed by atoms with Gasteiger partial charge in [0, 0.05) is 3.57 Å². The van der Waals surface area contributed by atoms with Crippen LogP contribution in [0, 0.1) is 3.57 Å². The van der Waals surface area contributed by atoms with Gasteiger partial charge in [0.25, 0.3) is 6.79 Å². The highest BCUT2D eigenvalue weighted by molar-refractivity contribution is 14.1. The van der Waals surface area contributed by atoms with Crippen molar-refractivity contribution in [2.24, 2.45) is 5.16 Å². The van der Waals surface area contributed by atoms with Crippen molar-refractivity contribution in [3.05, 3.63) is 52.1 Å². The number of hydrogen-bond donors (Lipinski definition) is 0. The van der Waals surface area contributed by atoms with Crippen LogP contribution in [-0.2, 0) is 14.4 Å². The maximum atomic E-state index is 11.8. The zero-order valence-electron chi connectivity index (χ0n) is 14.8. The molecule has 1 atom stereocenters. The third-order valence-electron chi connectivity index (χ3n) is 3.02. The lowest BCUT2D eigenvalue weighted by atomic mass is 10.3. The van der Waals surface area contributed by atoms with Gasteiger partial charge < -0.3 is 19.0 Å². The van der Waals surface area contributed by atoms with Crippen molar-refractivity contribution in [3.8, 4) is 17.2 Å². The van der Waals surface area contributed by atoms with E-state index in [1.807, 2.05) is 24.3 Å². The van der Waals surface area contributed by atoms with Crippen LogP contribution in [0.2, 0.25) is 0 Å². The molecule has 0 bridgehead atoms. The summed E-state index contributed by atoms with van der Waals surface area (Å²) in [4.78, 5) is 16.6. The number of hydrogen-bond acceptors (Lipinski definition) is 6. The summed E-state index contributed by atoms with van der Waals surface area (Å²) in [5.74, 6) is 1.43. The fraction of sp³-hybridized carbons (Fsp3) is 0.263. The summed E-state index contributed by atoms with van der Waals surface area (Å²) in [7, 11) is 0. The van der Waals surface area contributed by atoms with E-state index in [1.54, 1.807) is 45.0 Å². The molecule has 0 aliphatic rings. The number of halogens is 1. The Labute approximate surface area is 166 Å². The molecule has 0 heterocycles. The van der Waals surface area contributed by atoms with E-state index in [0.717, 1.165) is 15.0 Å². The van der Waals surface area contributed by atoms with Gasteiger partial charge in [0.05, 0.1) is 5.71 Å². The Morgan fingerprint density at radius 1 is 1.00 bits per heavy atom. The molecule has 7 heteroatoms. The zero-order chi connectivity index (χ0) is 18.9. The quantitative estimate of drug-likeness (QED) is 0.139. The maximum Gasteiger partial charge on any atom is 0.349 e. The number of nitrogens with zero attached hydrogens (tertiary/aromatic N) is 1. The molecule has 0 aliphatic heterocycles. The lowest BCUT2D eigenvalue weighted by Gasteiger charge is -2.14. The zero-order valence-corrected chi connectivity index (χ0v) is 16.9. The summed E-state index contributed by atoms with van der Waals surface area (Å²) in [5, 5.41) is 3.67. The summed E-state index contributed by atoms with van der Waals surface area (Å²) >= 11 is 2.24. The summed E-state index contributed by atoms with van der Waals surface area (Å²) in [5.41, 5.74) is 0.734. The van der Waals surface area contributed by atoms with E-state index in [0.29, 0.717) is 11.5 Å². The minimum absolute atomic E-state index is 0.250. The summed E-state index contributed by atoms with van der Waals surface area (Å²) in [6, 6.07) is 14.7. The molecule has 2 aromatic carbocycles. The van der Waals surface area contributed by atoms with Gasteiger partial charge in [-0.25, -0.2) is 4.79 Å². The fourth-order valence-corrected chi connectivity index (χ4v) is 2.19. The highest BCUT2D eigenvalue weighted by Crippen LogP contribution is 2.25. The number of oxime groups is 1. The molecule has 0 radical (unpaired) electrons. The number of carbonyl (C=O) groups excluding carboxylic acids is 1. The first-order valence-electron chi connectivity index (χ1n) is 7.94. The smallest absolute Gasteiger partial charge is 0.349 e. The van der Waals surface area contributed by atoms with Gasteiger partial charge in [-0.2, -0.15) is 0 Å². The number of benzene rings is 2. The van der Waals surface area contributed by atoms with E-state index in [-0.39, 0.29) is 6.79 Å². The standard InChI is InChI=1S/C19H20INO5/c1-13(2)21-24-12-23-19(22)14(3)25-16-8-10-18(11-9-16)26-17-6-4-15(20)5-7-17/h4-11,14H,12H2,1-3H3/t14-/m1/s1. The van der Waals surface area contributed by atoms with Gasteiger partial charge in [0.1, 0.15) is 17.2 Å². The molecule has 0 spiro atoms. The number of rotatable bonds is 8. The van der Waals surface area contributed by atoms with Gasteiger partial charge in [-0.3, -0.25) is 0 Å². The van der Waals surface area contributed by atoms with Gasteiger partial charge in [-0.15, -0.1) is 0 Å². The predicted molar refractivity (Wildman–Crippen MR) is 107 cm³/mol. The average molecular weight is 469 g/mol. The Morgan fingerprint density at radius 2 is 1.54 bits per heavy atom. The Morgan fingerprint density at radius 3 is 2.12 bits per heavy atom. The number of ether oxygens (including phenoxy) is 3. The van der Waals surface area contributed by atoms with E-state index in [4.69, 9.17) is 19.0 Å². The maximum absolute atomic E-state index is 11.8. The lowest BCUT2D eigenvalue weighted by Crippen LogP contribution is -2.26. The summed E-state index contributed by atoms with van der Waals surface area (Å²) in [6.07, 6.45) is -0.770. The van der Waals surface area contributed by atoms with Crippen LogP contribution in [0.25, 0.3) is 0 Å². The first-order chi connectivity index (χ1) is 12.4. The van der Waals surface area contributed by atoms with Crippen LogP contribution in [0.3, 0.4) is 0 Å². The normalized spacial score (nSPS) is 11.2. The van der Waals surface area contributed by atoms with Crippen molar-refractivity contribution in [3.63, 3.8) is 0 Å². The summed E-state index contributed by atoms with van der Waals surface area (Å²) in [6.45, 7) is 4.91. The molecule has 26 heavy (non-hydrogen) atoms. The Hall–Kier alpha value is -2.29. The monoisotopic (exact) mass is 469 g/mol. The van der Waals surface area contributed by atoms with E-state index in [1.165, 1.54) is 0 Å². The molecule has 0 aromatic heterocycles. The first-order valence-corrected chi connectivity index (χ1v) is 9.02. The molecule has 2 rings (SSSR count). The molecule has 0 aliphatic carbocycles. The number of carbonyl (C=O) groups is 1. The van der Waals surface area contributed by atoms with Gasteiger partial charge in [-0.1, -0.05) is 5.16 Å². The Balaban J connectivity index is 1.83. The fourth-order valence-electron chi connectivity index (χ4n) is 1.83.